The summed E-state index contributed by atoms with van der Waals surface area (Å²) in [4.78, 5) is 0. The summed E-state index contributed by atoms with van der Waals surface area (Å²) in [7, 11) is 0. The Balaban J connectivity index is 2.54. The Morgan fingerprint density at radius 3 is 2.17 bits per heavy atom. The lowest BCUT2D eigenvalue weighted by molar-refractivity contribution is 0.608. The Morgan fingerprint density at radius 1 is 0.889 bits per heavy atom. The van der Waals surface area contributed by atoms with Crippen LogP contribution in [-0.2, 0) is 4.33 Å². The Kier molecular flexibility index (Phi) is 4.08. The van der Waals surface area contributed by atoms with Crippen molar-refractivity contribution < 1.29 is 4.39 Å². The molecule has 0 fully saturated rings. The summed E-state index contributed by atoms with van der Waals surface area (Å²) in [6.45, 7) is 0. The van der Waals surface area contributed by atoms with Crippen molar-refractivity contribution in [2.75, 3.05) is 0 Å². The van der Waals surface area contributed by atoms with Gasteiger partial charge in [0.05, 0.1) is 10.0 Å². The smallest absolute Gasteiger partial charge is 0.170 e. The van der Waals surface area contributed by atoms with E-state index in [0.717, 1.165) is 0 Å². The lowest BCUT2D eigenvalue weighted by Gasteiger charge is -2.21. The molecule has 5 heteroatoms. The largest absolute Gasteiger partial charge is 0.207 e. The molecule has 0 aliphatic carbocycles. The molecule has 0 saturated heterocycles. The molecule has 0 amide bonds. The molecule has 0 atom stereocenters. The van der Waals surface area contributed by atoms with Crippen molar-refractivity contribution in [2.24, 2.45) is 0 Å². The number of alkyl halides is 2. The van der Waals surface area contributed by atoms with Crippen molar-refractivity contribution in [3.8, 4) is 0 Å². The van der Waals surface area contributed by atoms with E-state index in [9.17, 15) is 4.39 Å². The standard InChI is InChI=1S/C13H7Cl4F/c14-10-6-5-8(7-11(10)15)13(16,17)9-3-1-2-4-12(9)18/h1-7H. The maximum absolute atomic E-state index is 13.7. The third-order valence-corrected chi connectivity index (χ3v) is 4.08. The third-order valence-electron chi connectivity index (χ3n) is 2.49. The zero-order valence-electron chi connectivity index (χ0n) is 8.93. The van der Waals surface area contributed by atoms with Crippen LogP contribution in [0.2, 0.25) is 10.0 Å². The van der Waals surface area contributed by atoms with Gasteiger partial charge in [-0.25, -0.2) is 4.39 Å². The summed E-state index contributed by atoms with van der Waals surface area (Å²) in [5.74, 6) is -0.478. The molecular formula is C13H7Cl4F. The Morgan fingerprint density at radius 2 is 1.56 bits per heavy atom. The number of hydrogen-bond donors (Lipinski definition) is 0. The van der Waals surface area contributed by atoms with Crippen LogP contribution in [0.1, 0.15) is 11.1 Å². The van der Waals surface area contributed by atoms with Crippen LogP contribution in [0.25, 0.3) is 0 Å². The van der Waals surface area contributed by atoms with Crippen molar-refractivity contribution in [3.05, 3.63) is 69.5 Å². The van der Waals surface area contributed by atoms with Gasteiger partial charge in [0.2, 0.25) is 0 Å². The first-order valence-corrected chi connectivity index (χ1v) is 6.52. The second-order valence-corrected chi connectivity index (χ2v) is 5.82. The molecule has 0 aliphatic heterocycles. The highest BCUT2D eigenvalue weighted by Gasteiger charge is 2.32. The molecule has 2 aromatic rings. The van der Waals surface area contributed by atoms with Crippen LogP contribution in [-0.4, -0.2) is 0 Å². The highest BCUT2D eigenvalue weighted by atomic mass is 35.5. The number of rotatable bonds is 2. The number of hydrogen-bond acceptors (Lipinski definition) is 0. The SMILES string of the molecule is Fc1ccccc1C(Cl)(Cl)c1ccc(Cl)c(Cl)c1. The second-order valence-electron chi connectivity index (χ2n) is 3.68. The van der Waals surface area contributed by atoms with Gasteiger partial charge < -0.3 is 0 Å². The maximum atomic E-state index is 13.7. The van der Waals surface area contributed by atoms with Gasteiger partial charge in [-0.1, -0.05) is 70.7 Å². The third kappa shape index (κ3) is 2.60. The van der Waals surface area contributed by atoms with Gasteiger partial charge in [-0.15, -0.1) is 0 Å². The minimum atomic E-state index is -1.51. The normalized spacial score (nSPS) is 11.6. The van der Waals surface area contributed by atoms with Crippen molar-refractivity contribution in [1.29, 1.82) is 0 Å². The molecule has 0 aliphatic rings. The van der Waals surface area contributed by atoms with E-state index < -0.39 is 10.2 Å². The first-order valence-electron chi connectivity index (χ1n) is 5.01. The van der Waals surface area contributed by atoms with Gasteiger partial charge in [0, 0.05) is 5.56 Å². The van der Waals surface area contributed by atoms with Gasteiger partial charge in [0.15, 0.2) is 4.33 Å². The van der Waals surface area contributed by atoms with Gasteiger partial charge in [0.25, 0.3) is 0 Å². The van der Waals surface area contributed by atoms with Crippen LogP contribution >= 0.6 is 46.4 Å². The Hall–Kier alpha value is -0.470. The first kappa shape index (κ1) is 14.0. The van der Waals surface area contributed by atoms with Gasteiger partial charge >= 0.3 is 0 Å². The van der Waals surface area contributed by atoms with E-state index in [1.165, 1.54) is 18.2 Å². The highest BCUT2D eigenvalue weighted by Crippen LogP contribution is 2.43. The molecule has 0 saturated carbocycles. The number of benzene rings is 2. The van der Waals surface area contributed by atoms with E-state index in [0.29, 0.717) is 15.6 Å². The molecular weight excluding hydrogens is 317 g/mol. The van der Waals surface area contributed by atoms with Crippen LogP contribution in [0.3, 0.4) is 0 Å². The molecule has 0 nitrogen and oxygen atoms in total. The predicted octanol–water partition coefficient (Wildman–Crippen LogP) is 5.81. The maximum Gasteiger partial charge on any atom is 0.170 e. The summed E-state index contributed by atoms with van der Waals surface area (Å²) in [6, 6.07) is 10.8. The summed E-state index contributed by atoms with van der Waals surface area (Å²) in [6.07, 6.45) is 0. The lowest BCUT2D eigenvalue weighted by atomic mass is 10.0. The van der Waals surface area contributed by atoms with Gasteiger partial charge in [-0.2, -0.15) is 0 Å². The topological polar surface area (TPSA) is 0 Å². The number of halogens is 5. The molecule has 0 radical (unpaired) electrons. The van der Waals surface area contributed by atoms with Gasteiger partial charge in [-0.05, 0) is 23.8 Å². The Labute approximate surface area is 124 Å². The molecule has 0 N–H and O–H groups in total. The fraction of sp³-hybridized carbons (Fsp3) is 0.0769. The fourth-order valence-corrected chi connectivity index (χ4v) is 2.40. The zero-order chi connectivity index (χ0) is 13.3. The monoisotopic (exact) mass is 322 g/mol. The quantitative estimate of drug-likeness (QED) is 0.612. The first-order chi connectivity index (χ1) is 8.43. The second kappa shape index (κ2) is 5.26. The summed E-state index contributed by atoms with van der Waals surface area (Å²) >= 11 is 24.2. The minimum absolute atomic E-state index is 0.173. The van der Waals surface area contributed by atoms with Crippen molar-refractivity contribution in [3.63, 3.8) is 0 Å². The summed E-state index contributed by atoms with van der Waals surface area (Å²) in [5, 5.41) is 0.703. The molecule has 0 bridgehead atoms. The van der Waals surface area contributed by atoms with Gasteiger partial charge in [0.1, 0.15) is 5.82 Å². The minimum Gasteiger partial charge on any atom is -0.207 e. The average Bonchev–Trinajstić information content (AvgIpc) is 2.33. The molecule has 0 aromatic heterocycles. The van der Waals surface area contributed by atoms with E-state index in [1.807, 2.05) is 0 Å². The van der Waals surface area contributed by atoms with E-state index in [2.05, 4.69) is 0 Å². The molecule has 0 unspecified atom stereocenters. The van der Waals surface area contributed by atoms with Gasteiger partial charge in [-0.3, -0.25) is 0 Å². The predicted molar refractivity (Wildman–Crippen MR) is 75.3 cm³/mol. The van der Waals surface area contributed by atoms with Crippen LogP contribution in [0, 0.1) is 5.82 Å². The molecule has 0 heterocycles. The van der Waals surface area contributed by atoms with Crippen LogP contribution in [0.5, 0.6) is 0 Å². The van der Waals surface area contributed by atoms with Crippen LogP contribution in [0.15, 0.2) is 42.5 Å². The molecule has 2 rings (SSSR count). The zero-order valence-corrected chi connectivity index (χ0v) is 12.0. The van der Waals surface area contributed by atoms with Crippen LogP contribution in [0.4, 0.5) is 4.39 Å². The van der Waals surface area contributed by atoms with Crippen molar-refractivity contribution in [1.82, 2.24) is 0 Å². The van der Waals surface area contributed by atoms with E-state index in [4.69, 9.17) is 46.4 Å². The van der Waals surface area contributed by atoms with E-state index >= 15 is 0 Å². The van der Waals surface area contributed by atoms with E-state index in [1.54, 1.807) is 24.3 Å². The van der Waals surface area contributed by atoms with E-state index in [-0.39, 0.29) is 5.56 Å². The molecule has 0 spiro atoms. The Bertz CT molecular complexity index is 581. The van der Waals surface area contributed by atoms with Crippen LogP contribution < -0.4 is 0 Å². The summed E-state index contributed by atoms with van der Waals surface area (Å²) < 4.78 is 12.2. The van der Waals surface area contributed by atoms with Crippen molar-refractivity contribution in [2.45, 2.75) is 4.33 Å². The molecule has 94 valence electrons. The molecule has 2 aromatic carbocycles. The fourth-order valence-electron chi connectivity index (χ4n) is 1.56. The average molecular weight is 324 g/mol. The highest BCUT2D eigenvalue weighted by molar-refractivity contribution is 6.50. The summed E-state index contributed by atoms with van der Waals surface area (Å²) in [5.41, 5.74) is 0.636. The van der Waals surface area contributed by atoms with Crippen molar-refractivity contribution >= 4 is 46.4 Å². The lowest BCUT2D eigenvalue weighted by Crippen LogP contribution is -2.14. The molecule has 18 heavy (non-hydrogen) atoms.